The molecule has 0 aliphatic heterocycles. The Labute approximate surface area is 132 Å². The molecule has 1 aromatic carbocycles. The van der Waals surface area contributed by atoms with Crippen LogP contribution in [0, 0.1) is 6.92 Å². The minimum absolute atomic E-state index is 0.177. The fourth-order valence-electron chi connectivity index (χ4n) is 2.44. The van der Waals surface area contributed by atoms with E-state index < -0.39 is 0 Å². The standard InChI is InChI=1S/C17H25N5/c1-13-19-15(9-10-18)11-17(20-13)21-16(12-22(2)3)14-7-5-4-6-8-14/h4-8,11,16H,9-10,12,18H2,1-3H3,(H,19,20,21)/t16-/m0/s1. The highest BCUT2D eigenvalue weighted by molar-refractivity contribution is 5.40. The number of nitrogens with one attached hydrogen (secondary N) is 1. The van der Waals surface area contributed by atoms with Gasteiger partial charge in [-0.15, -0.1) is 0 Å². The lowest BCUT2D eigenvalue weighted by Gasteiger charge is -2.23. The minimum atomic E-state index is 0.177. The summed E-state index contributed by atoms with van der Waals surface area (Å²) in [4.78, 5) is 11.1. The van der Waals surface area contributed by atoms with Gasteiger partial charge in [-0.3, -0.25) is 0 Å². The first-order valence-electron chi connectivity index (χ1n) is 7.59. The van der Waals surface area contributed by atoms with E-state index in [-0.39, 0.29) is 6.04 Å². The highest BCUT2D eigenvalue weighted by atomic mass is 15.1. The fraction of sp³-hybridized carbons (Fsp3) is 0.412. The van der Waals surface area contributed by atoms with E-state index in [0.29, 0.717) is 6.54 Å². The van der Waals surface area contributed by atoms with Crippen molar-refractivity contribution in [1.82, 2.24) is 14.9 Å². The summed E-state index contributed by atoms with van der Waals surface area (Å²) in [7, 11) is 4.14. The monoisotopic (exact) mass is 299 g/mol. The number of nitrogens with zero attached hydrogens (tertiary/aromatic N) is 3. The number of likely N-dealkylation sites (N-methyl/N-ethyl adjacent to an activating group) is 1. The SMILES string of the molecule is Cc1nc(CCN)cc(N[C@@H](CN(C)C)c2ccccc2)n1. The van der Waals surface area contributed by atoms with Gasteiger partial charge in [-0.1, -0.05) is 30.3 Å². The molecular weight excluding hydrogens is 274 g/mol. The number of hydrogen-bond acceptors (Lipinski definition) is 5. The lowest BCUT2D eigenvalue weighted by Crippen LogP contribution is -2.26. The molecule has 5 heteroatoms. The number of aromatic nitrogens is 2. The van der Waals surface area contributed by atoms with Crippen LogP contribution in [-0.2, 0) is 6.42 Å². The summed E-state index contributed by atoms with van der Waals surface area (Å²) >= 11 is 0. The molecule has 118 valence electrons. The van der Waals surface area contributed by atoms with Crippen LogP contribution in [-0.4, -0.2) is 42.1 Å². The van der Waals surface area contributed by atoms with Crippen molar-refractivity contribution < 1.29 is 0 Å². The zero-order chi connectivity index (χ0) is 15.9. The van der Waals surface area contributed by atoms with E-state index in [1.807, 2.05) is 19.1 Å². The molecule has 0 fully saturated rings. The minimum Gasteiger partial charge on any atom is -0.362 e. The zero-order valence-electron chi connectivity index (χ0n) is 13.6. The first kappa shape index (κ1) is 16.4. The highest BCUT2D eigenvalue weighted by Crippen LogP contribution is 2.19. The normalized spacial score (nSPS) is 12.4. The van der Waals surface area contributed by atoms with Crippen molar-refractivity contribution in [2.45, 2.75) is 19.4 Å². The number of aryl methyl sites for hydroxylation is 1. The van der Waals surface area contributed by atoms with E-state index in [0.717, 1.165) is 30.3 Å². The molecule has 1 heterocycles. The maximum absolute atomic E-state index is 5.63. The van der Waals surface area contributed by atoms with Gasteiger partial charge in [0.1, 0.15) is 11.6 Å². The molecule has 1 atom stereocenters. The lowest BCUT2D eigenvalue weighted by atomic mass is 10.1. The number of hydrogen-bond donors (Lipinski definition) is 2. The van der Waals surface area contributed by atoms with E-state index in [1.54, 1.807) is 0 Å². The predicted molar refractivity (Wildman–Crippen MR) is 90.9 cm³/mol. The Kier molecular flexibility index (Phi) is 5.86. The molecule has 22 heavy (non-hydrogen) atoms. The summed E-state index contributed by atoms with van der Waals surface area (Å²) < 4.78 is 0. The van der Waals surface area contributed by atoms with Crippen LogP contribution in [0.25, 0.3) is 0 Å². The van der Waals surface area contributed by atoms with Crippen LogP contribution in [0.15, 0.2) is 36.4 Å². The lowest BCUT2D eigenvalue weighted by molar-refractivity contribution is 0.386. The van der Waals surface area contributed by atoms with E-state index in [4.69, 9.17) is 5.73 Å². The summed E-state index contributed by atoms with van der Waals surface area (Å²) in [6.45, 7) is 3.39. The topological polar surface area (TPSA) is 67.1 Å². The van der Waals surface area contributed by atoms with Gasteiger partial charge < -0.3 is 16.0 Å². The predicted octanol–water partition coefficient (Wildman–Crippen LogP) is 2.00. The average Bonchev–Trinajstić information content (AvgIpc) is 2.47. The molecule has 0 saturated heterocycles. The molecular formula is C17H25N5. The molecule has 0 radical (unpaired) electrons. The molecule has 0 bridgehead atoms. The third-order valence-electron chi connectivity index (χ3n) is 3.36. The Balaban J connectivity index is 2.23. The van der Waals surface area contributed by atoms with E-state index >= 15 is 0 Å². The van der Waals surface area contributed by atoms with Gasteiger partial charge >= 0.3 is 0 Å². The van der Waals surface area contributed by atoms with Crippen molar-refractivity contribution in [2.75, 3.05) is 32.5 Å². The van der Waals surface area contributed by atoms with Crippen LogP contribution >= 0.6 is 0 Å². The van der Waals surface area contributed by atoms with Crippen LogP contribution < -0.4 is 11.1 Å². The molecule has 2 rings (SSSR count). The Morgan fingerprint density at radius 2 is 1.91 bits per heavy atom. The largest absolute Gasteiger partial charge is 0.362 e. The van der Waals surface area contributed by atoms with Gasteiger partial charge in [-0.25, -0.2) is 9.97 Å². The molecule has 0 saturated carbocycles. The van der Waals surface area contributed by atoms with Gasteiger partial charge in [0.2, 0.25) is 0 Å². The fourth-order valence-corrected chi connectivity index (χ4v) is 2.44. The van der Waals surface area contributed by atoms with Crippen molar-refractivity contribution in [3.8, 4) is 0 Å². The van der Waals surface area contributed by atoms with Crippen molar-refractivity contribution in [3.05, 3.63) is 53.5 Å². The van der Waals surface area contributed by atoms with E-state index in [9.17, 15) is 0 Å². The molecule has 0 aliphatic carbocycles. The molecule has 2 aromatic rings. The number of nitrogens with two attached hydrogens (primary N) is 1. The maximum Gasteiger partial charge on any atom is 0.130 e. The summed E-state index contributed by atoms with van der Waals surface area (Å²) in [6.07, 6.45) is 0.766. The van der Waals surface area contributed by atoms with Crippen molar-refractivity contribution in [2.24, 2.45) is 5.73 Å². The maximum atomic E-state index is 5.63. The van der Waals surface area contributed by atoms with Crippen LogP contribution in [0.2, 0.25) is 0 Å². The second-order valence-corrected chi connectivity index (χ2v) is 5.70. The van der Waals surface area contributed by atoms with Crippen molar-refractivity contribution in [1.29, 1.82) is 0 Å². The van der Waals surface area contributed by atoms with Gasteiger partial charge in [0.05, 0.1) is 6.04 Å². The molecule has 0 spiro atoms. The van der Waals surface area contributed by atoms with Crippen LogP contribution in [0.5, 0.6) is 0 Å². The first-order valence-corrected chi connectivity index (χ1v) is 7.59. The van der Waals surface area contributed by atoms with E-state index in [2.05, 4.69) is 58.5 Å². The zero-order valence-corrected chi connectivity index (χ0v) is 13.6. The Hall–Kier alpha value is -1.98. The Morgan fingerprint density at radius 3 is 2.55 bits per heavy atom. The van der Waals surface area contributed by atoms with Crippen molar-refractivity contribution >= 4 is 5.82 Å². The number of benzene rings is 1. The molecule has 0 aliphatic rings. The molecule has 3 N–H and O–H groups in total. The van der Waals surface area contributed by atoms with Gasteiger partial charge in [0, 0.05) is 24.7 Å². The third-order valence-corrected chi connectivity index (χ3v) is 3.36. The number of anilines is 1. The second-order valence-electron chi connectivity index (χ2n) is 5.70. The number of rotatable bonds is 7. The summed E-state index contributed by atoms with van der Waals surface area (Å²) in [5.41, 5.74) is 7.86. The Bertz CT molecular complexity index is 583. The molecule has 0 unspecified atom stereocenters. The van der Waals surface area contributed by atoms with Crippen LogP contribution in [0.1, 0.15) is 23.1 Å². The van der Waals surface area contributed by atoms with Gasteiger partial charge in [0.15, 0.2) is 0 Å². The third kappa shape index (κ3) is 4.79. The van der Waals surface area contributed by atoms with Crippen molar-refractivity contribution in [3.63, 3.8) is 0 Å². The van der Waals surface area contributed by atoms with E-state index in [1.165, 1.54) is 5.56 Å². The van der Waals surface area contributed by atoms with Crippen LogP contribution in [0.4, 0.5) is 5.82 Å². The molecule has 1 aromatic heterocycles. The Morgan fingerprint density at radius 1 is 1.18 bits per heavy atom. The molecule has 0 amide bonds. The molecule has 5 nitrogen and oxygen atoms in total. The summed E-state index contributed by atoms with van der Waals surface area (Å²) in [5, 5.41) is 3.53. The average molecular weight is 299 g/mol. The quantitative estimate of drug-likeness (QED) is 0.818. The summed E-state index contributed by atoms with van der Waals surface area (Å²) in [5.74, 6) is 1.62. The van der Waals surface area contributed by atoms with Gasteiger partial charge in [-0.05, 0) is 33.1 Å². The smallest absolute Gasteiger partial charge is 0.130 e. The van der Waals surface area contributed by atoms with Crippen LogP contribution in [0.3, 0.4) is 0 Å². The second kappa shape index (κ2) is 7.87. The highest BCUT2D eigenvalue weighted by Gasteiger charge is 2.13. The first-order chi connectivity index (χ1) is 10.6. The summed E-state index contributed by atoms with van der Waals surface area (Å²) in [6, 6.07) is 12.6. The van der Waals surface area contributed by atoms with Gasteiger partial charge in [-0.2, -0.15) is 0 Å². The van der Waals surface area contributed by atoms with Gasteiger partial charge in [0.25, 0.3) is 0 Å².